The van der Waals surface area contributed by atoms with Crippen molar-refractivity contribution in [1.29, 1.82) is 0 Å². The zero-order chi connectivity index (χ0) is 23.0. The van der Waals surface area contributed by atoms with E-state index in [1.807, 2.05) is 48.0 Å². The quantitative estimate of drug-likeness (QED) is 0.247. The summed E-state index contributed by atoms with van der Waals surface area (Å²) in [6.07, 6.45) is 4.11. The third-order valence-corrected chi connectivity index (χ3v) is 4.97. The summed E-state index contributed by atoms with van der Waals surface area (Å²) >= 11 is 0. The van der Waals surface area contributed by atoms with Crippen LogP contribution in [-0.2, 0) is 18.4 Å². The smallest absolute Gasteiger partial charge is 0.164 e. The van der Waals surface area contributed by atoms with Gasteiger partial charge in [-0.15, -0.1) is 0 Å². The first-order valence-electron chi connectivity index (χ1n) is 10.5. The Kier molecular flexibility index (Phi) is 9.17. The molecule has 0 fully saturated rings. The van der Waals surface area contributed by atoms with Crippen LogP contribution in [0.5, 0.6) is 0 Å². The number of rotatable bonds is 13. The van der Waals surface area contributed by atoms with E-state index in [0.717, 1.165) is 29.6 Å². The SMILES string of the molecule is CNNC(c1cc(C)on1)N(C)CC(C)C=C(CC(C)(C)CO)OCc1ncnn1C. The van der Waals surface area contributed by atoms with Gasteiger partial charge < -0.3 is 14.4 Å². The molecule has 10 nitrogen and oxygen atoms in total. The molecule has 174 valence electrons. The van der Waals surface area contributed by atoms with Crippen molar-refractivity contribution in [2.75, 3.05) is 27.2 Å². The van der Waals surface area contributed by atoms with Crippen LogP contribution in [0.1, 0.15) is 50.6 Å². The van der Waals surface area contributed by atoms with Gasteiger partial charge in [0.25, 0.3) is 0 Å². The molecule has 0 bridgehead atoms. The third kappa shape index (κ3) is 7.73. The number of allylic oxidation sites excluding steroid dienone is 1. The summed E-state index contributed by atoms with van der Waals surface area (Å²) in [7, 11) is 5.69. The van der Waals surface area contributed by atoms with Crippen molar-refractivity contribution in [2.24, 2.45) is 18.4 Å². The predicted molar refractivity (Wildman–Crippen MR) is 117 cm³/mol. The molecule has 2 aromatic heterocycles. The van der Waals surface area contributed by atoms with Crippen LogP contribution in [0.25, 0.3) is 0 Å². The summed E-state index contributed by atoms with van der Waals surface area (Å²) in [5.41, 5.74) is 6.74. The van der Waals surface area contributed by atoms with Gasteiger partial charge in [-0.1, -0.05) is 25.9 Å². The predicted octanol–water partition coefficient (Wildman–Crippen LogP) is 1.91. The lowest BCUT2D eigenvalue weighted by molar-refractivity contribution is 0.111. The molecule has 2 unspecified atom stereocenters. The van der Waals surface area contributed by atoms with Gasteiger partial charge in [-0.3, -0.25) is 15.0 Å². The Balaban J connectivity index is 2.11. The van der Waals surface area contributed by atoms with E-state index in [1.165, 1.54) is 6.33 Å². The van der Waals surface area contributed by atoms with Gasteiger partial charge in [0.1, 0.15) is 30.6 Å². The molecule has 0 spiro atoms. The molecular formula is C21H37N7O3. The molecule has 10 heteroatoms. The van der Waals surface area contributed by atoms with Crippen LogP contribution in [0.15, 0.2) is 28.8 Å². The van der Waals surface area contributed by atoms with Gasteiger partial charge >= 0.3 is 0 Å². The lowest BCUT2D eigenvalue weighted by Gasteiger charge is -2.29. The summed E-state index contributed by atoms with van der Waals surface area (Å²) in [6.45, 7) is 9.20. The van der Waals surface area contributed by atoms with Crippen molar-refractivity contribution >= 4 is 0 Å². The zero-order valence-electron chi connectivity index (χ0n) is 19.7. The average molecular weight is 436 g/mol. The Morgan fingerprint density at radius 1 is 1.45 bits per heavy atom. The molecule has 2 heterocycles. The normalized spacial score (nSPS) is 14.8. The third-order valence-electron chi connectivity index (χ3n) is 4.97. The van der Waals surface area contributed by atoms with Gasteiger partial charge in [0, 0.05) is 32.7 Å². The van der Waals surface area contributed by atoms with Gasteiger partial charge in [0.2, 0.25) is 0 Å². The fourth-order valence-corrected chi connectivity index (χ4v) is 3.28. The second-order valence-electron chi connectivity index (χ2n) is 8.80. The van der Waals surface area contributed by atoms with Crippen molar-refractivity contribution in [1.82, 2.24) is 35.7 Å². The number of aromatic nitrogens is 4. The van der Waals surface area contributed by atoms with Crippen molar-refractivity contribution in [2.45, 2.75) is 46.9 Å². The van der Waals surface area contributed by atoms with E-state index in [4.69, 9.17) is 9.26 Å². The molecule has 31 heavy (non-hydrogen) atoms. The second-order valence-corrected chi connectivity index (χ2v) is 8.80. The highest BCUT2D eigenvalue weighted by Crippen LogP contribution is 2.27. The molecular weight excluding hydrogens is 398 g/mol. The highest BCUT2D eigenvalue weighted by Gasteiger charge is 2.23. The number of ether oxygens (including phenoxy) is 1. The zero-order valence-corrected chi connectivity index (χ0v) is 19.7. The van der Waals surface area contributed by atoms with Crippen molar-refractivity contribution in [3.63, 3.8) is 0 Å². The molecule has 0 saturated carbocycles. The van der Waals surface area contributed by atoms with Gasteiger partial charge in [0.15, 0.2) is 5.82 Å². The minimum Gasteiger partial charge on any atom is -0.490 e. The first-order chi connectivity index (χ1) is 14.6. The highest BCUT2D eigenvalue weighted by atomic mass is 16.5. The number of nitrogens with zero attached hydrogens (tertiary/aromatic N) is 5. The number of hydrazine groups is 1. The Hall–Kier alpha value is -2.27. The molecule has 2 atom stereocenters. The number of nitrogens with one attached hydrogen (secondary N) is 2. The van der Waals surface area contributed by atoms with Crippen molar-refractivity contribution in [3.8, 4) is 0 Å². The topological polar surface area (TPSA) is 114 Å². The van der Waals surface area contributed by atoms with Crippen molar-refractivity contribution in [3.05, 3.63) is 41.5 Å². The number of aryl methyl sites for hydroxylation is 2. The summed E-state index contributed by atoms with van der Waals surface area (Å²) < 4.78 is 13.0. The maximum absolute atomic E-state index is 9.73. The van der Waals surface area contributed by atoms with Crippen LogP contribution >= 0.6 is 0 Å². The van der Waals surface area contributed by atoms with Crippen LogP contribution in [0.2, 0.25) is 0 Å². The summed E-state index contributed by atoms with van der Waals surface area (Å²) in [4.78, 5) is 6.38. The number of hydrogen-bond donors (Lipinski definition) is 3. The van der Waals surface area contributed by atoms with Gasteiger partial charge in [-0.05, 0) is 38.4 Å². The Morgan fingerprint density at radius 2 is 2.19 bits per heavy atom. The van der Waals surface area contributed by atoms with E-state index < -0.39 is 0 Å². The van der Waals surface area contributed by atoms with E-state index >= 15 is 0 Å². The van der Waals surface area contributed by atoms with Crippen LogP contribution in [0.4, 0.5) is 0 Å². The van der Waals surface area contributed by atoms with E-state index in [0.29, 0.717) is 13.0 Å². The molecule has 0 aliphatic rings. The lowest BCUT2D eigenvalue weighted by Crippen LogP contribution is -2.43. The van der Waals surface area contributed by atoms with Gasteiger partial charge in [-0.25, -0.2) is 10.4 Å². The first-order valence-corrected chi connectivity index (χ1v) is 10.5. The molecule has 2 rings (SSSR count). The Labute approximate surface area is 184 Å². The number of aliphatic hydroxyl groups is 1. The molecule has 0 aliphatic carbocycles. The molecule has 0 aromatic carbocycles. The second kappa shape index (κ2) is 11.4. The number of hydrogen-bond acceptors (Lipinski definition) is 9. The van der Waals surface area contributed by atoms with E-state index in [2.05, 4.69) is 44.0 Å². The lowest BCUT2D eigenvalue weighted by atomic mass is 9.89. The molecule has 0 aliphatic heterocycles. The van der Waals surface area contributed by atoms with Gasteiger partial charge in [0.05, 0.1) is 5.76 Å². The summed E-state index contributed by atoms with van der Waals surface area (Å²) in [5.74, 6) is 2.53. The van der Waals surface area contributed by atoms with Crippen LogP contribution in [0, 0.1) is 18.3 Å². The molecule has 0 radical (unpaired) electrons. The first kappa shape index (κ1) is 25.0. The maximum Gasteiger partial charge on any atom is 0.164 e. The largest absolute Gasteiger partial charge is 0.490 e. The monoisotopic (exact) mass is 435 g/mol. The van der Waals surface area contributed by atoms with Crippen LogP contribution < -0.4 is 10.9 Å². The standard InChI is InChI=1S/C21H37N7O3/c1-15(11-27(6)20(25-22-5)18-9-16(2)31-26-18)8-17(10-21(3,4)13-29)30-12-19-23-14-24-28(19)7/h8-9,14-15,20,22,25,29H,10-13H2,1-7H3. The van der Waals surface area contributed by atoms with E-state index in [1.54, 1.807) is 4.68 Å². The fourth-order valence-electron chi connectivity index (χ4n) is 3.28. The van der Waals surface area contributed by atoms with E-state index in [-0.39, 0.29) is 24.1 Å². The Morgan fingerprint density at radius 3 is 2.74 bits per heavy atom. The molecule has 0 saturated heterocycles. The van der Waals surface area contributed by atoms with E-state index in [9.17, 15) is 5.11 Å². The maximum atomic E-state index is 9.73. The Bertz CT molecular complexity index is 831. The van der Waals surface area contributed by atoms with Crippen LogP contribution in [-0.4, -0.2) is 57.2 Å². The molecule has 0 amide bonds. The van der Waals surface area contributed by atoms with Crippen LogP contribution in [0.3, 0.4) is 0 Å². The molecule has 2 aromatic rings. The summed E-state index contributed by atoms with van der Waals surface area (Å²) in [5, 5.41) is 18.0. The minimum absolute atomic E-state index is 0.0750. The minimum atomic E-state index is -0.286. The highest BCUT2D eigenvalue weighted by molar-refractivity contribution is 5.08. The van der Waals surface area contributed by atoms with Gasteiger partial charge in [-0.2, -0.15) is 5.10 Å². The molecule has 3 N–H and O–H groups in total. The average Bonchev–Trinajstić information content (AvgIpc) is 3.31. The summed E-state index contributed by atoms with van der Waals surface area (Å²) in [6, 6.07) is 1.92. The van der Waals surface area contributed by atoms with Crippen molar-refractivity contribution < 1.29 is 14.4 Å². The fraction of sp³-hybridized carbons (Fsp3) is 0.667. The number of aliphatic hydroxyl groups excluding tert-OH is 1.